The summed E-state index contributed by atoms with van der Waals surface area (Å²) in [6, 6.07) is 18.3. The maximum atomic E-state index is 12.2. The number of hydrogen-bond acceptors (Lipinski definition) is 3. The topological polar surface area (TPSA) is 50.7 Å². The molecule has 29 heavy (non-hydrogen) atoms. The summed E-state index contributed by atoms with van der Waals surface area (Å²) in [4.78, 5) is 16.8. The summed E-state index contributed by atoms with van der Waals surface area (Å²) in [5.41, 5.74) is 4.16. The molecule has 1 N–H and O–H groups in total. The van der Waals surface area contributed by atoms with Crippen LogP contribution in [-0.4, -0.2) is 18.7 Å². The van der Waals surface area contributed by atoms with Crippen LogP contribution >= 0.6 is 23.2 Å². The van der Waals surface area contributed by atoms with Gasteiger partial charge in [-0.15, -0.1) is 0 Å². The second-order valence-corrected chi connectivity index (χ2v) is 7.37. The molecule has 148 valence electrons. The molecule has 1 amide bonds. The zero-order chi connectivity index (χ0) is 20.8. The van der Waals surface area contributed by atoms with Crippen LogP contribution in [0.3, 0.4) is 0 Å². The first kappa shape index (κ1) is 20.9. The highest BCUT2D eigenvalue weighted by atomic mass is 35.5. The van der Waals surface area contributed by atoms with Crippen molar-refractivity contribution in [3.8, 4) is 5.75 Å². The van der Waals surface area contributed by atoms with Crippen molar-refractivity contribution in [2.45, 2.75) is 13.8 Å². The maximum Gasteiger partial charge on any atom is 0.262 e. The van der Waals surface area contributed by atoms with Gasteiger partial charge in [0.05, 0.1) is 5.69 Å². The number of aliphatic imine (C=N–C) groups is 1. The number of aryl methyl sites for hydroxylation is 2. The number of halogens is 2. The van der Waals surface area contributed by atoms with Crippen molar-refractivity contribution in [3.05, 3.63) is 87.4 Å². The molecule has 4 nitrogen and oxygen atoms in total. The highest BCUT2D eigenvalue weighted by molar-refractivity contribution is 6.31. The van der Waals surface area contributed by atoms with Gasteiger partial charge in [0, 0.05) is 27.5 Å². The lowest BCUT2D eigenvalue weighted by Crippen LogP contribution is -2.20. The van der Waals surface area contributed by atoms with E-state index in [0.717, 1.165) is 16.8 Å². The maximum absolute atomic E-state index is 12.2. The molecular formula is C23H20Cl2N2O2. The normalized spacial score (nSPS) is 10.9. The fraction of sp³-hybridized carbons (Fsp3) is 0.130. The van der Waals surface area contributed by atoms with Crippen LogP contribution in [0.15, 0.2) is 65.7 Å². The van der Waals surface area contributed by atoms with Gasteiger partial charge in [-0.2, -0.15) is 0 Å². The molecule has 0 aliphatic carbocycles. The molecule has 0 saturated heterocycles. The zero-order valence-corrected chi connectivity index (χ0v) is 17.6. The Morgan fingerprint density at radius 3 is 2.59 bits per heavy atom. The van der Waals surface area contributed by atoms with Crippen molar-refractivity contribution in [2.75, 3.05) is 11.9 Å². The van der Waals surface area contributed by atoms with E-state index in [1.165, 1.54) is 0 Å². The number of amides is 1. The Balaban J connectivity index is 1.70. The molecule has 0 aliphatic rings. The lowest BCUT2D eigenvalue weighted by atomic mass is 10.2. The van der Waals surface area contributed by atoms with Crippen LogP contribution in [0, 0.1) is 13.8 Å². The van der Waals surface area contributed by atoms with Crippen LogP contribution in [0.2, 0.25) is 10.0 Å². The molecule has 0 aliphatic heterocycles. The summed E-state index contributed by atoms with van der Waals surface area (Å²) in [7, 11) is 0. The minimum absolute atomic E-state index is 0.154. The number of nitrogens with one attached hydrogen (secondary N) is 1. The SMILES string of the molecule is Cc1ccc(NC(=O)COc2ccc(Cl)cc2C=Nc2ccccc2C)cc1Cl. The second-order valence-electron chi connectivity index (χ2n) is 6.53. The lowest BCUT2D eigenvalue weighted by Gasteiger charge is -2.11. The second kappa shape index (κ2) is 9.59. The van der Waals surface area contributed by atoms with Crippen LogP contribution in [0.1, 0.15) is 16.7 Å². The van der Waals surface area contributed by atoms with Crippen LogP contribution in [-0.2, 0) is 4.79 Å². The fourth-order valence-electron chi connectivity index (χ4n) is 2.61. The summed E-state index contributed by atoms with van der Waals surface area (Å²) < 4.78 is 5.70. The molecule has 0 fully saturated rings. The molecule has 0 heterocycles. The predicted octanol–water partition coefficient (Wildman–Crippen LogP) is 6.38. The Hall–Kier alpha value is -2.82. The predicted molar refractivity (Wildman–Crippen MR) is 120 cm³/mol. The van der Waals surface area contributed by atoms with E-state index in [-0.39, 0.29) is 12.5 Å². The average Bonchev–Trinajstić information content (AvgIpc) is 2.69. The smallest absolute Gasteiger partial charge is 0.262 e. The molecule has 0 aromatic heterocycles. The van der Waals surface area contributed by atoms with Crippen molar-refractivity contribution < 1.29 is 9.53 Å². The van der Waals surface area contributed by atoms with Gasteiger partial charge in [-0.25, -0.2) is 0 Å². The highest BCUT2D eigenvalue weighted by Crippen LogP contribution is 2.24. The number of nitrogens with zero attached hydrogens (tertiary/aromatic N) is 1. The number of para-hydroxylation sites is 1. The minimum atomic E-state index is -0.290. The van der Waals surface area contributed by atoms with E-state index < -0.39 is 0 Å². The van der Waals surface area contributed by atoms with Gasteiger partial charge in [-0.05, 0) is 61.4 Å². The van der Waals surface area contributed by atoms with Gasteiger partial charge in [0.15, 0.2) is 6.61 Å². The summed E-state index contributed by atoms with van der Waals surface area (Å²) in [5, 5.41) is 3.92. The van der Waals surface area contributed by atoms with Crippen molar-refractivity contribution in [3.63, 3.8) is 0 Å². The molecular weight excluding hydrogens is 407 g/mol. The third-order valence-electron chi connectivity index (χ3n) is 4.24. The van der Waals surface area contributed by atoms with E-state index in [0.29, 0.717) is 27.0 Å². The number of benzene rings is 3. The Morgan fingerprint density at radius 2 is 1.83 bits per heavy atom. The zero-order valence-electron chi connectivity index (χ0n) is 16.1. The average molecular weight is 427 g/mol. The van der Waals surface area contributed by atoms with E-state index in [1.54, 1.807) is 36.5 Å². The molecule has 3 rings (SSSR count). The van der Waals surface area contributed by atoms with Crippen LogP contribution in [0.25, 0.3) is 0 Å². The van der Waals surface area contributed by atoms with Crippen LogP contribution in [0.5, 0.6) is 5.75 Å². The molecule has 0 bridgehead atoms. The number of ether oxygens (including phenoxy) is 1. The number of anilines is 1. The van der Waals surface area contributed by atoms with Crippen molar-refractivity contribution in [1.82, 2.24) is 0 Å². The summed E-state index contributed by atoms with van der Waals surface area (Å²) in [6.07, 6.45) is 1.68. The van der Waals surface area contributed by atoms with Gasteiger partial charge >= 0.3 is 0 Å². The third kappa shape index (κ3) is 5.83. The van der Waals surface area contributed by atoms with E-state index in [4.69, 9.17) is 27.9 Å². The van der Waals surface area contributed by atoms with Crippen molar-refractivity contribution in [2.24, 2.45) is 4.99 Å². The highest BCUT2D eigenvalue weighted by Gasteiger charge is 2.08. The van der Waals surface area contributed by atoms with Crippen LogP contribution in [0.4, 0.5) is 11.4 Å². The van der Waals surface area contributed by atoms with Gasteiger partial charge in [0.25, 0.3) is 5.91 Å². The summed E-state index contributed by atoms with van der Waals surface area (Å²) in [6.45, 7) is 3.74. The minimum Gasteiger partial charge on any atom is -0.483 e. The van der Waals surface area contributed by atoms with Crippen molar-refractivity contribution in [1.29, 1.82) is 0 Å². The lowest BCUT2D eigenvalue weighted by molar-refractivity contribution is -0.118. The molecule has 0 saturated carbocycles. The number of carbonyl (C=O) groups is 1. The van der Waals surface area contributed by atoms with Gasteiger partial charge < -0.3 is 10.1 Å². The van der Waals surface area contributed by atoms with Gasteiger partial charge in [-0.1, -0.05) is 47.5 Å². The van der Waals surface area contributed by atoms with E-state index in [2.05, 4.69) is 10.3 Å². The molecule has 0 atom stereocenters. The Morgan fingerprint density at radius 1 is 1.03 bits per heavy atom. The number of carbonyl (C=O) groups excluding carboxylic acids is 1. The first-order valence-electron chi connectivity index (χ1n) is 9.00. The Labute approximate surface area is 180 Å². The monoisotopic (exact) mass is 426 g/mol. The standard InChI is InChI=1S/C23H20Cl2N2O2/c1-15-7-9-19(12-20(15)25)27-23(28)14-29-22-10-8-18(24)11-17(22)13-26-21-6-4-3-5-16(21)2/h3-13H,14H2,1-2H3,(H,27,28). The van der Waals surface area contributed by atoms with E-state index in [9.17, 15) is 4.79 Å². The van der Waals surface area contributed by atoms with E-state index in [1.807, 2.05) is 44.2 Å². The van der Waals surface area contributed by atoms with Gasteiger partial charge in [-0.3, -0.25) is 9.79 Å². The van der Waals surface area contributed by atoms with E-state index >= 15 is 0 Å². The number of hydrogen-bond donors (Lipinski definition) is 1. The molecule has 3 aromatic carbocycles. The van der Waals surface area contributed by atoms with Crippen molar-refractivity contribution >= 4 is 46.7 Å². The molecule has 3 aromatic rings. The summed E-state index contributed by atoms with van der Waals surface area (Å²) >= 11 is 12.2. The van der Waals surface area contributed by atoms with Gasteiger partial charge in [0.1, 0.15) is 5.75 Å². The molecule has 0 unspecified atom stereocenters. The molecule has 0 spiro atoms. The first-order chi connectivity index (χ1) is 13.9. The molecule has 6 heteroatoms. The first-order valence-corrected chi connectivity index (χ1v) is 9.76. The molecule has 0 radical (unpaired) electrons. The largest absolute Gasteiger partial charge is 0.483 e. The Bertz CT molecular complexity index is 1060. The third-order valence-corrected chi connectivity index (χ3v) is 4.89. The number of rotatable bonds is 6. The van der Waals surface area contributed by atoms with Crippen LogP contribution < -0.4 is 10.1 Å². The summed E-state index contributed by atoms with van der Waals surface area (Å²) in [5.74, 6) is 0.227. The quantitative estimate of drug-likeness (QED) is 0.464. The Kier molecular flexibility index (Phi) is 6.91. The fourth-order valence-corrected chi connectivity index (χ4v) is 2.97. The van der Waals surface area contributed by atoms with Gasteiger partial charge in [0.2, 0.25) is 0 Å².